The van der Waals surface area contributed by atoms with Crippen LogP contribution < -0.4 is 0 Å². The van der Waals surface area contributed by atoms with Gasteiger partial charge in [0.1, 0.15) is 12.1 Å². The minimum Gasteiger partial charge on any atom is -0.300 e. The van der Waals surface area contributed by atoms with Crippen LogP contribution in [0, 0.1) is 0 Å². The van der Waals surface area contributed by atoms with Gasteiger partial charge >= 0.3 is 0 Å². The fourth-order valence-corrected chi connectivity index (χ4v) is 1.18. The van der Waals surface area contributed by atoms with Crippen molar-refractivity contribution >= 4 is 17.9 Å². The number of rotatable bonds is 5. The standard InChI is InChI=1S/C12H12O3/c1-9(14)2-7-12(15)11-5-3-10(8-13)4-6-11/h3-6,8H,2,7H2,1H3. The lowest BCUT2D eigenvalue weighted by Crippen LogP contribution is -2.02. The Hall–Kier alpha value is -1.77. The average molecular weight is 204 g/mol. The zero-order valence-electron chi connectivity index (χ0n) is 8.53. The number of Topliss-reactive ketones (excluding diaryl/α,β-unsaturated/α-hetero) is 2. The lowest BCUT2D eigenvalue weighted by Gasteiger charge is -1.99. The highest BCUT2D eigenvalue weighted by atomic mass is 16.1. The van der Waals surface area contributed by atoms with E-state index in [9.17, 15) is 14.4 Å². The van der Waals surface area contributed by atoms with E-state index in [-0.39, 0.29) is 24.4 Å². The molecule has 0 heterocycles. The highest BCUT2D eigenvalue weighted by molar-refractivity contribution is 5.98. The quantitative estimate of drug-likeness (QED) is 0.544. The third-order valence-electron chi connectivity index (χ3n) is 2.07. The molecule has 3 heteroatoms. The minimum atomic E-state index is -0.0670. The zero-order valence-corrected chi connectivity index (χ0v) is 8.53. The van der Waals surface area contributed by atoms with Crippen LogP contribution in [0.2, 0.25) is 0 Å². The summed E-state index contributed by atoms with van der Waals surface area (Å²) in [6.07, 6.45) is 1.23. The van der Waals surface area contributed by atoms with Crippen molar-refractivity contribution in [1.82, 2.24) is 0 Å². The molecule has 0 bridgehead atoms. The molecule has 0 fully saturated rings. The molecular formula is C12H12O3. The Morgan fingerprint density at radius 1 is 1.13 bits per heavy atom. The van der Waals surface area contributed by atoms with Gasteiger partial charge in [0.2, 0.25) is 0 Å². The van der Waals surface area contributed by atoms with Crippen molar-refractivity contribution in [1.29, 1.82) is 0 Å². The molecule has 0 unspecified atom stereocenters. The number of carbonyl (C=O) groups excluding carboxylic acids is 3. The van der Waals surface area contributed by atoms with Crippen molar-refractivity contribution in [3.8, 4) is 0 Å². The van der Waals surface area contributed by atoms with E-state index in [1.54, 1.807) is 24.3 Å². The molecule has 0 aromatic heterocycles. The lowest BCUT2D eigenvalue weighted by atomic mass is 10.0. The number of ketones is 2. The van der Waals surface area contributed by atoms with Gasteiger partial charge in [-0.25, -0.2) is 0 Å². The second-order valence-electron chi connectivity index (χ2n) is 3.37. The van der Waals surface area contributed by atoms with Crippen LogP contribution >= 0.6 is 0 Å². The molecule has 0 aliphatic carbocycles. The van der Waals surface area contributed by atoms with Crippen LogP contribution in [0.3, 0.4) is 0 Å². The van der Waals surface area contributed by atoms with Gasteiger partial charge < -0.3 is 4.79 Å². The van der Waals surface area contributed by atoms with Crippen molar-refractivity contribution in [3.63, 3.8) is 0 Å². The largest absolute Gasteiger partial charge is 0.300 e. The van der Waals surface area contributed by atoms with Gasteiger partial charge in [-0.1, -0.05) is 24.3 Å². The summed E-state index contributed by atoms with van der Waals surface area (Å²) in [4.78, 5) is 32.6. The van der Waals surface area contributed by atoms with E-state index in [0.29, 0.717) is 11.1 Å². The molecule has 1 rings (SSSR count). The Kier molecular flexibility index (Phi) is 3.92. The Labute approximate surface area is 88.1 Å². The fourth-order valence-electron chi connectivity index (χ4n) is 1.18. The number of benzene rings is 1. The first-order valence-electron chi connectivity index (χ1n) is 4.71. The maximum Gasteiger partial charge on any atom is 0.163 e. The molecule has 15 heavy (non-hydrogen) atoms. The first-order chi connectivity index (χ1) is 7.13. The van der Waals surface area contributed by atoms with E-state index < -0.39 is 0 Å². The number of carbonyl (C=O) groups is 3. The van der Waals surface area contributed by atoms with E-state index in [0.717, 1.165) is 6.29 Å². The Morgan fingerprint density at radius 3 is 2.20 bits per heavy atom. The van der Waals surface area contributed by atoms with E-state index >= 15 is 0 Å². The average Bonchev–Trinajstić information content (AvgIpc) is 2.26. The SMILES string of the molecule is CC(=O)CCC(=O)c1ccc(C=O)cc1. The number of hydrogen-bond acceptors (Lipinski definition) is 3. The smallest absolute Gasteiger partial charge is 0.163 e. The van der Waals surface area contributed by atoms with Crippen LogP contribution in [0.4, 0.5) is 0 Å². The van der Waals surface area contributed by atoms with Gasteiger partial charge in [-0.3, -0.25) is 9.59 Å². The van der Waals surface area contributed by atoms with Crippen LogP contribution in [-0.4, -0.2) is 17.9 Å². The van der Waals surface area contributed by atoms with E-state index in [1.165, 1.54) is 6.92 Å². The van der Waals surface area contributed by atoms with Gasteiger partial charge in [0, 0.05) is 24.0 Å². The summed E-state index contributed by atoms with van der Waals surface area (Å²) in [5.41, 5.74) is 1.08. The number of hydrogen-bond donors (Lipinski definition) is 0. The van der Waals surface area contributed by atoms with Gasteiger partial charge in [-0.05, 0) is 6.92 Å². The van der Waals surface area contributed by atoms with Crippen LogP contribution in [0.25, 0.3) is 0 Å². The summed E-state index contributed by atoms with van der Waals surface area (Å²) in [5.74, 6) is -0.0597. The van der Waals surface area contributed by atoms with Gasteiger partial charge in [0.25, 0.3) is 0 Å². The summed E-state index contributed by atoms with van der Waals surface area (Å²) < 4.78 is 0. The van der Waals surface area contributed by atoms with Gasteiger partial charge in [0.15, 0.2) is 5.78 Å². The third kappa shape index (κ3) is 3.46. The molecule has 0 aliphatic heterocycles. The topological polar surface area (TPSA) is 51.2 Å². The molecule has 0 saturated heterocycles. The van der Waals surface area contributed by atoms with Crippen molar-refractivity contribution in [2.75, 3.05) is 0 Å². The first-order valence-corrected chi connectivity index (χ1v) is 4.71. The summed E-state index contributed by atoms with van der Waals surface area (Å²) >= 11 is 0. The molecule has 0 atom stereocenters. The summed E-state index contributed by atoms with van der Waals surface area (Å²) in [7, 11) is 0. The second kappa shape index (κ2) is 5.20. The Balaban J connectivity index is 2.66. The predicted molar refractivity (Wildman–Crippen MR) is 56.1 cm³/mol. The van der Waals surface area contributed by atoms with Crippen LogP contribution in [0.5, 0.6) is 0 Å². The maximum absolute atomic E-state index is 11.5. The summed E-state index contributed by atoms with van der Waals surface area (Å²) in [5, 5.41) is 0. The molecule has 0 amide bonds. The molecule has 0 N–H and O–H groups in total. The molecule has 1 aromatic carbocycles. The van der Waals surface area contributed by atoms with E-state index in [2.05, 4.69) is 0 Å². The van der Waals surface area contributed by atoms with Crippen molar-refractivity contribution in [3.05, 3.63) is 35.4 Å². The first kappa shape index (κ1) is 11.3. The summed E-state index contributed by atoms with van der Waals surface area (Å²) in [6, 6.07) is 6.39. The van der Waals surface area contributed by atoms with Crippen molar-refractivity contribution in [2.24, 2.45) is 0 Å². The van der Waals surface area contributed by atoms with Crippen molar-refractivity contribution in [2.45, 2.75) is 19.8 Å². The van der Waals surface area contributed by atoms with Gasteiger partial charge in [0.05, 0.1) is 0 Å². The maximum atomic E-state index is 11.5. The molecule has 78 valence electrons. The van der Waals surface area contributed by atoms with Gasteiger partial charge in [-0.15, -0.1) is 0 Å². The molecule has 0 spiro atoms. The number of aldehydes is 1. The molecule has 1 aromatic rings. The molecule has 0 saturated carbocycles. The highest BCUT2D eigenvalue weighted by Crippen LogP contribution is 2.07. The molecule has 0 radical (unpaired) electrons. The second-order valence-corrected chi connectivity index (χ2v) is 3.37. The highest BCUT2D eigenvalue weighted by Gasteiger charge is 2.06. The van der Waals surface area contributed by atoms with Crippen LogP contribution in [-0.2, 0) is 4.79 Å². The van der Waals surface area contributed by atoms with Gasteiger partial charge in [-0.2, -0.15) is 0 Å². The van der Waals surface area contributed by atoms with Crippen LogP contribution in [0.15, 0.2) is 24.3 Å². The molecule has 3 nitrogen and oxygen atoms in total. The van der Waals surface area contributed by atoms with E-state index in [4.69, 9.17) is 0 Å². The summed E-state index contributed by atoms with van der Waals surface area (Å²) in [6.45, 7) is 1.46. The van der Waals surface area contributed by atoms with E-state index in [1.807, 2.05) is 0 Å². The fraction of sp³-hybridized carbons (Fsp3) is 0.250. The molecule has 0 aliphatic rings. The zero-order chi connectivity index (χ0) is 11.3. The Bertz CT molecular complexity index is 376. The molecular weight excluding hydrogens is 192 g/mol. The minimum absolute atomic E-state index is 0.00728. The lowest BCUT2D eigenvalue weighted by molar-refractivity contribution is -0.116. The third-order valence-corrected chi connectivity index (χ3v) is 2.07. The monoisotopic (exact) mass is 204 g/mol. The normalized spacial score (nSPS) is 9.67. The Morgan fingerprint density at radius 2 is 1.73 bits per heavy atom. The van der Waals surface area contributed by atoms with Crippen LogP contribution in [0.1, 0.15) is 40.5 Å². The van der Waals surface area contributed by atoms with Crippen molar-refractivity contribution < 1.29 is 14.4 Å². The predicted octanol–water partition coefficient (Wildman–Crippen LogP) is 2.05.